The molecule has 3 heterocycles. The molecule has 4 amide bonds. The first-order chi connectivity index (χ1) is 13.6. The summed E-state index contributed by atoms with van der Waals surface area (Å²) in [7, 11) is 0. The summed E-state index contributed by atoms with van der Waals surface area (Å²) in [5.41, 5.74) is 0.674. The molecule has 0 spiro atoms. The van der Waals surface area contributed by atoms with Gasteiger partial charge in [0.05, 0.1) is 16.0 Å². The largest absolute Gasteiger partial charge is 0.339 e. The Bertz CT molecular complexity index is 906. The van der Waals surface area contributed by atoms with Crippen LogP contribution in [-0.2, 0) is 4.79 Å². The second-order valence-corrected chi connectivity index (χ2v) is 7.69. The summed E-state index contributed by atoms with van der Waals surface area (Å²) in [5, 5.41) is 1.86. The topological polar surface area (TPSA) is 78.0 Å². The summed E-state index contributed by atoms with van der Waals surface area (Å²) in [5.74, 6) is -1.17. The van der Waals surface area contributed by atoms with Crippen LogP contribution in [0.15, 0.2) is 41.8 Å². The number of hydrogen-bond donors (Lipinski definition) is 0. The van der Waals surface area contributed by atoms with Crippen LogP contribution in [0, 0.1) is 0 Å². The van der Waals surface area contributed by atoms with E-state index in [9.17, 15) is 19.2 Å². The lowest BCUT2D eigenvalue weighted by molar-refractivity contribution is -0.131. The summed E-state index contributed by atoms with van der Waals surface area (Å²) in [6, 6.07) is 10.2. The second-order valence-electron chi connectivity index (χ2n) is 6.75. The minimum atomic E-state index is -0.432. The molecule has 144 valence electrons. The molecule has 1 aromatic carbocycles. The van der Waals surface area contributed by atoms with Gasteiger partial charge in [0, 0.05) is 26.2 Å². The highest BCUT2D eigenvalue weighted by Gasteiger charge is 2.37. The van der Waals surface area contributed by atoms with E-state index >= 15 is 0 Å². The molecule has 2 aromatic rings. The maximum Gasteiger partial charge on any atom is 0.263 e. The fourth-order valence-electron chi connectivity index (χ4n) is 3.54. The third-order valence-electron chi connectivity index (χ3n) is 5.04. The van der Waals surface area contributed by atoms with Crippen molar-refractivity contribution >= 4 is 35.0 Å². The monoisotopic (exact) mass is 397 g/mol. The fourth-order valence-corrected chi connectivity index (χ4v) is 4.23. The SMILES string of the molecule is O=C(CN1C(=O)c2ccccc2C1=O)N1CCCN(C(=O)c2cccs2)CC1. The second kappa shape index (κ2) is 7.55. The molecule has 0 N–H and O–H groups in total. The lowest BCUT2D eigenvalue weighted by atomic mass is 10.1. The van der Waals surface area contributed by atoms with Gasteiger partial charge in [-0.1, -0.05) is 18.2 Å². The number of carbonyl (C=O) groups excluding carboxylic acids is 4. The van der Waals surface area contributed by atoms with Crippen LogP contribution in [0.2, 0.25) is 0 Å². The summed E-state index contributed by atoms with van der Waals surface area (Å²) in [6.45, 7) is 1.62. The maximum absolute atomic E-state index is 12.7. The average molecular weight is 397 g/mol. The van der Waals surface area contributed by atoms with Crippen molar-refractivity contribution in [2.75, 3.05) is 32.7 Å². The van der Waals surface area contributed by atoms with Crippen LogP contribution in [0.25, 0.3) is 0 Å². The van der Waals surface area contributed by atoms with Crippen LogP contribution in [0.5, 0.6) is 0 Å². The van der Waals surface area contributed by atoms with Gasteiger partial charge in [-0.15, -0.1) is 11.3 Å². The molecule has 0 aliphatic carbocycles. The minimum absolute atomic E-state index is 0.0235. The lowest BCUT2D eigenvalue weighted by Gasteiger charge is -2.23. The summed E-state index contributed by atoms with van der Waals surface area (Å²) in [6.07, 6.45) is 0.658. The number of thiophene rings is 1. The van der Waals surface area contributed by atoms with Crippen molar-refractivity contribution in [3.05, 3.63) is 57.8 Å². The van der Waals surface area contributed by atoms with Crippen LogP contribution in [0.3, 0.4) is 0 Å². The van der Waals surface area contributed by atoms with Gasteiger partial charge < -0.3 is 9.80 Å². The molecular weight excluding hydrogens is 378 g/mol. The van der Waals surface area contributed by atoms with Gasteiger partial charge in [0.25, 0.3) is 17.7 Å². The zero-order valence-electron chi connectivity index (χ0n) is 15.2. The van der Waals surface area contributed by atoms with Crippen molar-refractivity contribution in [2.24, 2.45) is 0 Å². The Morgan fingerprint density at radius 1 is 0.857 bits per heavy atom. The van der Waals surface area contributed by atoms with Gasteiger partial charge in [0.1, 0.15) is 6.54 Å². The summed E-state index contributed by atoms with van der Waals surface area (Å²) in [4.78, 5) is 55.2. The van der Waals surface area contributed by atoms with Crippen LogP contribution in [0.1, 0.15) is 36.8 Å². The Balaban J connectivity index is 1.39. The van der Waals surface area contributed by atoms with Gasteiger partial charge in [-0.25, -0.2) is 0 Å². The highest BCUT2D eigenvalue weighted by atomic mass is 32.1. The Hall–Kier alpha value is -3.00. The van der Waals surface area contributed by atoms with E-state index in [4.69, 9.17) is 0 Å². The molecule has 28 heavy (non-hydrogen) atoms. The Morgan fingerprint density at radius 3 is 2.14 bits per heavy atom. The fraction of sp³-hybridized carbons (Fsp3) is 0.300. The van der Waals surface area contributed by atoms with Crippen molar-refractivity contribution in [3.63, 3.8) is 0 Å². The first-order valence-electron chi connectivity index (χ1n) is 9.12. The zero-order chi connectivity index (χ0) is 19.7. The highest BCUT2D eigenvalue weighted by Crippen LogP contribution is 2.22. The smallest absolute Gasteiger partial charge is 0.263 e. The minimum Gasteiger partial charge on any atom is -0.339 e. The first-order valence-corrected chi connectivity index (χ1v) is 10.00. The molecule has 8 heteroatoms. The van der Waals surface area contributed by atoms with E-state index in [0.29, 0.717) is 48.6 Å². The zero-order valence-corrected chi connectivity index (χ0v) is 16.0. The van der Waals surface area contributed by atoms with Gasteiger partial charge >= 0.3 is 0 Å². The standard InChI is InChI=1S/C20H19N3O4S/c24-17(13-23-18(25)14-5-1-2-6-15(14)19(23)26)21-8-4-9-22(11-10-21)20(27)16-7-3-12-28-16/h1-3,5-7,12H,4,8-11,13H2. The number of fused-ring (bicyclic) bond motifs is 1. The Morgan fingerprint density at radius 2 is 1.50 bits per heavy atom. The van der Waals surface area contributed by atoms with E-state index in [1.165, 1.54) is 11.3 Å². The molecule has 1 saturated heterocycles. The number of carbonyl (C=O) groups is 4. The van der Waals surface area contributed by atoms with Gasteiger partial charge in [-0.2, -0.15) is 0 Å². The van der Waals surface area contributed by atoms with Gasteiger partial charge in [0.2, 0.25) is 5.91 Å². The Labute approximate surface area is 166 Å². The molecule has 0 unspecified atom stereocenters. The molecule has 2 aliphatic rings. The predicted octanol–water partition coefficient (Wildman–Crippen LogP) is 1.72. The van der Waals surface area contributed by atoms with Crippen molar-refractivity contribution in [1.29, 1.82) is 0 Å². The molecule has 2 aliphatic heterocycles. The first kappa shape index (κ1) is 18.4. The third-order valence-corrected chi connectivity index (χ3v) is 5.90. The van der Waals surface area contributed by atoms with Crippen LogP contribution in [-0.4, -0.2) is 71.1 Å². The van der Waals surface area contributed by atoms with Crippen LogP contribution in [0.4, 0.5) is 0 Å². The molecule has 1 aromatic heterocycles. The number of rotatable bonds is 3. The van der Waals surface area contributed by atoms with Crippen molar-refractivity contribution < 1.29 is 19.2 Å². The summed E-state index contributed by atoms with van der Waals surface area (Å²) >= 11 is 1.40. The van der Waals surface area contributed by atoms with E-state index in [0.717, 1.165) is 4.90 Å². The van der Waals surface area contributed by atoms with Gasteiger partial charge in [-0.05, 0) is 30.0 Å². The van der Waals surface area contributed by atoms with E-state index < -0.39 is 11.8 Å². The molecule has 0 radical (unpaired) electrons. The molecule has 7 nitrogen and oxygen atoms in total. The lowest BCUT2D eigenvalue weighted by Crippen LogP contribution is -2.44. The van der Waals surface area contributed by atoms with Crippen LogP contribution < -0.4 is 0 Å². The van der Waals surface area contributed by atoms with E-state index in [2.05, 4.69) is 0 Å². The van der Waals surface area contributed by atoms with Crippen LogP contribution >= 0.6 is 11.3 Å². The molecule has 1 fully saturated rings. The number of imide groups is 1. The van der Waals surface area contributed by atoms with Gasteiger partial charge in [0.15, 0.2) is 0 Å². The molecule has 0 atom stereocenters. The van der Waals surface area contributed by atoms with Gasteiger partial charge in [-0.3, -0.25) is 24.1 Å². The van der Waals surface area contributed by atoms with E-state index in [-0.39, 0.29) is 18.4 Å². The Kier molecular flexibility index (Phi) is 4.95. The maximum atomic E-state index is 12.7. The van der Waals surface area contributed by atoms with Crippen molar-refractivity contribution in [2.45, 2.75) is 6.42 Å². The quantitative estimate of drug-likeness (QED) is 0.739. The molecule has 4 rings (SSSR count). The molecule has 0 bridgehead atoms. The van der Waals surface area contributed by atoms with E-state index in [1.54, 1.807) is 40.1 Å². The van der Waals surface area contributed by atoms with Crippen molar-refractivity contribution in [1.82, 2.24) is 14.7 Å². The predicted molar refractivity (Wildman–Crippen MR) is 103 cm³/mol. The average Bonchev–Trinajstić information content (AvgIpc) is 3.23. The highest BCUT2D eigenvalue weighted by molar-refractivity contribution is 7.12. The third kappa shape index (κ3) is 3.31. The van der Waals surface area contributed by atoms with Crippen molar-refractivity contribution in [3.8, 4) is 0 Å². The number of hydrogen-bond acceptors (Lipinski definition) is 5. The number of amides is 4. The number of benzene rings is 1. The normalized spacial score (nSPS) is 16.9. The molecule has 0 saturated carbocycles. The molecular formula is C20H19N3O4S. The van der Waals surface area contributed by atoms with E-state index in [1.807, 2.05) is 11.4 Å². The number of nitrogens with zero attached hydrogens (tertiary/aromatic N) is 3. The summed E-state index contributed by atoms with van der Waals surface area (Å²) < 4.78 is 0.